The van der Waals surface area contributed by atoms with E-state index < -0.39 is 0 Å². The Morgan fingerprint density at radius 3 is 2.67 bits per heavy atom. The van der Waals surface area contributed by atoms with Crippen LogP contribution in [0.15, 0.2) is 60.9 Å². The van der Waals surface area contributed by atoms with E-state index in [0.29, 0.717) is 35.0 Å². The first kappa shape index (κ1) is 16.8. The number of anilines is 2. The van der Waals surface area contributed by atoms with Crippen LogP contribution in [0.3, 0.4) is 0 Å². The predicted octanol–water partition coefficient (Wildman–Crippen LogP) is 3.62. The van der Waals surface area contributed by atoms with Gasteiger partial charge in [0.25, 0.3) is 5.91 Å². The summed E-state index contributed by atoms with van der Waals surface area (Å²) >= 11 is 0. The molecule has 4 rings (SSSR count). The van der Waals surface area contributed by atoms with E-state index in [-0.39, 0.29) is 18.5 Å². The average molecular weight is 365 g/mol. The van der Waals surface area contributed by atoms with Gasteiger partial charge in [-0.2, -0.15) is 0 Å². The zero-order valence-corrected chi connectivity index (χ0v) is 14.2. The van der Waals surface area contributed by atoms with Gasteiger partial charge >= 0.3 is 0 Å². The van der Waals surface area contributed by atoms with Gasteiger partial charge in [-0.1, -0.05) is 6.07 Å². The van der Waals surface area contributed by atoms with Crippen LogP contribution < -0.4 is 20.1 Å². The van der Waals surface area contributed by atoms with Gasteiger partial charge in [0.2, 0.25) is 6.79 Å². The third kappa shape index (κ3) is 3.98. The Labute approximate surface area is 155 Å². The van der Waals surface area contributed by atoms with E-state index in [1.807, 2.05) is 18.2 Å². The first-order chi connectivity index (χ1) is 13.2. The van der Waals surface area contributed by atoms with Crippen molar-refractivity contribution in [1.29, 1.82) is 0 Å². The number of amides is 1. The van der Waals surface area contributed by atoms with Crippen LogP contribution in [0.2, 0.25) is 0 Å². The number of fused-ring (bicyclic) bond motifs is 1. The van der Waals surface area contributed by atoms with E-state index in [1.165, 1.54) is 18.3 Å². The lowest BCUT2D eigenvalue weighted by atomic mass is 10.2. The fourth-order valence-electron chi connectivity index (χ4n) is 2.67. The van der Waals surface area contributed by atoms with Gasteiger partial charge in [0.05, 0.1) is 17.4 Å². The third-order valence-electron chi connectivity index (χ3n) is 4.02. The maximum atomic E-state index is 13.0. The molecule has 0 spiro atoms. The van der Waals surface area contributed by atoms with Crippen molar-refractivity contribution in [2.24, 2.45) is 0 Å². The SMILES string of the molecule is O=C(NCc1ccc2c(c1)OCO2)c1cncc(Nc2ccc(F)cc2)c1. The Morgan fingerprint density at radius 1 is 1.00 bits per heavy atom. The van der Waals surface area contributed by atoms with Crippen molar-refractivity contribution in [3.8, 4) is 11.5 Å². The number of aromatic nitrogens is 1. The molecule has 0 saturated heterocycles. The number of benzene rings is 2. The minimum Gasteiger partial charge on any atom is -0.454 e. The van der Waals surface area contributed by atoms with Gasteiger partial charge in [0.15, 0.2) is 11.5 Å². The summed E-state index contributed by atoms with van der Waals surface area (Å²) in [6.45, 7) is 0.565. The maximum Gasteiger partial charge on any atom is 0.253 e. The largest absolute Gasteiger partial charge is 0.454 e. The molecule has 136 valence electrons. The molecule has 0 atom stereocenters. The molecule has 1 amide bonds. The summed E-state index contributed by atoms with van der Waals surface area (Å²) in [5.74, 6) is 0.820. The number of hydrogen-bond donors (Lipinski definition) is 2. The first-order valence-corrected chi connectivity index (χ1v) is 8.32. The van der Waals surface area contributed by atoms with Gasteiger partial charge in [-0.05, 0) is 48.0 Å². The van der Waals surface area contributed by atoms with Crippen molar-refractivity contribution in [3.63, 3.8) is 0 Å². The molecule has 1 aliphatic heterocycles. The highest BCUT2D eigenvalue weighted by Gasteiger charge is 2.14. The Balaban J connectivity index is 1.40. The molecule has 0 unspecified atom stereocenters. The van der Waals surface area contributed by atoms with Gasteiger partial charge in [-0.15, -0.1) is 0 Å². The lowest BCUT2D eigenvalue weighted by molar-refractivity contribution is 0.0950. The molecule has 0 aliphatic carbocycles. The third-order valence-corrected chi connectivity index (χ3v) is 4.02. The second kappa shape index (κ2) is 7.33. The molecule has 0 bridgehead atoms. The van der Waals surface area contributed by atoms with Gasteiger partial charge in [-0.25, -0.2) is 4.39 Å². The molecule has 2 N–H and O–H groups in total. The van der Waals surface area contributed by atoms with Crippen LogP contribution in [-0.4, -0.2) is 17.7 Å². The highest BCUT2D eigenvalue weighted by Crippen LogP contribution is 2.32. The van der Waals surface area contributed by atoms with Crippen LogP contribution in [0.25, 0.3) is 0 Å². The summed E-state index contributed by atoms with van der Waals surface area (Å²) < 4.78 is 23.6. The number of halogens is 1. The zero-order valence-electron chi connectivity index (χ0n) is 14.2. The Morgan fingerprint density at radius 2 is 1.81 bits per heavy atom. The second-order valence-corrected chi connectivity index (χ2v) is 5.96. The number of nitrogens with zero attached hydrogens (tertiary/aromatic N) is 1. The fourth-order valence-corrected chi connectivity index (χ4v) is 2.67. The summed E-state index contributed by atoms with van der Waals surface area (Å²) in [6.07, 6.45) is 3.09. The highest BCUT2D eigenvalue weighted by molar-refractivity contribution is 5.94. The standard InChI is InChI=1S/C20H16FN3O3/c21-15-2-4-16(5-3-15)24-17-8-14(10-22-11-17)20(25)23-9-13-1-6-18-19(7-13)27-12-26-18/h1-8,10-11,24H,9,12H2,(H,23,25). The van der Waals surface area contributed by atoms with Gasteiger partial charge in [0.1, 0.15) is 5.82 Å². The van der Waals surface area contributed by atoms with Crippen molar-refractivity contribution in [3.05, 3.63) is 77.9 Å². The minimum atomic E-state index is -0.310. The molecule has 2 heterocycles. The summed E-state index contributed by atoms with van der Waals surface area (Å²) in [6, 6.07) is 13.2. The quantitative estimate of drug-likeness (QED) is 0.722. The lowest BCUT2D eigenvalue weighted by Crippen LogP contribution is -2.23. The van der Waals surface area contributed by atoms with E-state index in [9.17, 15) is 9.18 Å². The Bertz CT molecular complexity index is 976. The molecular formula is C20H16FN3O3. The molecule has 0 fully saturated rings. The van der Waals surface area contributed by atoms with Gasteiger partial charge < -0.3 is 20.1 Å². The average Bonchev–Trinajstić information content (AvgIpc) is 3.16. The van der Waals surface area contributed by atoms with E-state index >= 15 is 0 Å². The van der Waals surface area contributed by atoms with Crippen LogP contribution >= 0.6 is 0 Å². The molecule has 2 aromatic carbocycles. The van der Waals surface area contributed by atoms with Crippen LogP contribution in [0.1, 0.15) is 15.9 Å². The van der Waals surface area contributed by atoms with E-state index in [2.05, 4.69) is 15.6 Å². The maximum absolute atomic E-state index is 13.0. The summed E-state index contributed by atoms with van der Waals surface area (Å²) in [7, 11) is 0. The van der Waals surface area contributed by atoms with Crippen LogP contribution in [-0.2, 0) is 6.54 Å². The zero-order chi connectivity index (χ0) is 18.6. The van der Waals surface area contributed by atoms with E-state index in [1.54, 1.807) is 24.4 Å². The van der Waals surface area contributed by atoms with E-state index in [4.69, 9.17) is 9.47 Å². The molecule has 6 nitrogen and oxygen atoms in total. The lowest BCUT2D eigenvalue weighted by Gasteiger charge is -2.09. The number of carbonyl (C=O) groups is 1. The summed E-state index contributed by atoms with van der Waals surface area (Å²) in [5, 5.41) is 5.94. The van der Waals surface area contributed by atoms with Crippen LogP contribution in [0, 0.1) is 5.82 Å². The number of carbonyl (C=O) groups excluding carboxylic acids is 1. The number of ether oxygens (including phenoxy) is 2. The smallest absolute Gasteiger partial charge is 0.253 e. The molecule has 1 aliphatic rings. The number of pyridine rings is 1. The molecule has 3 aromatic rings. The molecular weight excluding hydrogens is 349 g/mol. The summed E-state index contributed by atoms with van der Waals surface area (Å²) in [5.41, 5.74) is 2.66. The Kier molecular flexibility index (Phi) is 4.57. The molecule has 7 heteroatoms. The van der Waals surface area contributed by atoms with Gasteiger partial charge in [-0.3, -0.25) is 9.78 Å². The van der Waals surface area contributed by atoms with Crippen LogP contribution in [0.4, 0.5) is 15.8 Å². The Hall–Kier alpha value is -3.61. The van der Waals surface area contributed by atoms with Crippen molar-refractivity contribution >= 4 is 17.3 Å². The van der Waals surface area contributed by atoms with Crippen molar-refractivity contribution in [2.75, 3.05) is 12.1 Å². The van der Waals surface area contributed by atoms with Crippen LogP contribution in [0.5, 0.6) is 11.5 Å². The van der Waals surface area contributed by atoms with E-state index in [0.717, 1.165) is 5.56 Å². The molecule has 1 aromatic heterocycles. The predicted molar refractivity (Wildman–Crippen MR) is 97.7 cm³/mol. The molecule has 27 heavy (non-hydrogen) atoms. The van der Waals surface area contributed by atoms with Crippen molar-refractivity contribution in [2.45, 2.75) is 6.54 Å². The van der Waals surface area contributed by atoms with Gasteiger partial charge in [0, 0.05) is 18.4 Å². The van der Waals surface area contributed by atoms with Crippen molar-refractivity contribution in [1.82, 2.24) is 10.3 Å². The topological polar surface area (TPSA) is 72.5 Å². The number of nitrogens with one attached hydrogen (secondary N) is 2. The second-order valence-electron chi connectivity index (χ2n) is 5.96. The molecule has 0 radical (unpaired) electrons. The fraction of sp³-hybridized carbons (Fsp3) is 0.100. The monoisotopic (exact) mass is 365 g/mol. The minimum absolute atomic E-state index is 0.213. The first-order valence-electron chi connectivity index (χ1n) is 8.32. The normalized spacial score (nSPS) is 11.9. The number of rotatable bonds is 5. The highest BCUT2D eigenvalue weighted by atomic mass is 19.1. The number of hydrogen-bond acceptors (Lipinski definition) is 5. The summed E-state index contributed by atoms with van der Waals surface area (Å²) in [4.78, 5) is 16.5. The van der Waals surface area contributed by atoms with Crippen molar-refractivity contribution < 1.29 is 18.7 Å². The molecule has 0 saturated carbocycles.